The van der Waals surface area contributed by atoms with Gasteiger partial charge in [-0.15, -0.1) is 0 Å². The number of aryl methyl sites for hydroxylation is 2. The smallest absolute Gasteiger partial charge is 0.241 e. The molecule has 3 aromatic heterocycles. The van der Waals surface area contributed by atoms with Gasteiger partial charge in [-0.3, -0.25) is 4.79 Å². The fourth-order valence-electron chi connectivity index (χ4n) is 3.81. The Morgan fingerprint density at radius 1 is 1.19 bits per heavy atom. The van der Waals surface area contributed by atoms with Gasteiger partial charge in [0.2, 0.25) is 5.91 Å². The standard InChI is InChI=1S/C20H26N6O/c1-15-13-16(2)22-19-18(15)20(25-10-5-6-11-25)23-26(19)14-17(27)21-7-12-24-8-3-4-9-24/h5-6,10-11,13H,3-4,7-9,12,14H2,1-2H3,(H,21,27). The number of pyridine rings is 1. The lowest BCUT2D eigenvalue weighted by Crippen LogP contribution is -2.35. The monoisotopic (exact) mass is 366 g/mol. The predicted octanol–water partition coefficient (Wildman–Crippen LogP) is 2.05. The Morgan fingerprint density at radius 2 is 1.93 bits per heavy atom. The molecule has 4 rings (SSSR count). The zero-order valence-corrected chi connectivity index (χ0v) is 16.0. The van der Waals surface area contributed by atoms with Gasteiger partial charge < -0.3 is 14.8 Å². The lowest BCUT2D eigenvalue weighted by molar-refractivity contribution is -0.121. The van der Waals surface area contributed by atoms with E-state index in [-0.39, 0.29) is 12.5 Å². The van der Waals surface area contributed by atoms with E-state index in [2.05, 4.69) is 28.2 Å². The van der Waals surface area contributed by atoms with Crippen LogP contribution in [0, 0.1) is 13.8 Å². The molecule has 0 saturated carbocycles. The fourth-order valence-corrected chi connectivity index (χ4v) is 3.81. The summed E-state index contributed by atoms with van der Waals surface area (Å²) in [5, 5.41) is 8.71. The molecule has 0 atom stereocenters. The summed E-state index contributed by atoms with van der Waals surface area (Å²) >= 11 is 0. The summed E-state index contributed by atoms with van der Waals surface area (Å²) in [5.74, 6) is 0.781. The molecule has 0 spiro atoms. The van der Waals surface area contributed by atoms with Gasteiger partial charge in [-0.05, 0) is 63.5 Å². The number of carbonyl (C=O) groups excluding carboxylic acids is 1. The van der Waals surface area contributed by atoms with Crippen molar-refractivity contribution < 1.29 is 4.79 Å². The van der Waals surface area contributed by atoms with Crippen molar-refractivity contribution in [2.75, 3.05) is 26.2 Å². The number of hydrogen-bond acceptors (Lipinski definition) is 4. The molecule has 1 N–H and O–H groups in total. The zero-order chi connectivity index (χ0) is 18.8. The van der Waals surface area contributed by atoms with E-state index in [0.29, 0.717) is 6.54 Å². The lowest BCUT2D eigenvalue weighted by atomic mass is 10.2. The Bertz CT molecular complexity index is 937. The van der Waals surface area contributed by atoms with Crippen LogP contribution in [0.4, 0.5) is 0 Å². The Kier molecular flexibility index (Phi) is 4.94. The van der Waals surface area contributed by atoms with E-state index in [1.165, 1.54) is 12.8 Å². The molecule has 1 saturated heterocycles. The molecular formula is C20H26N6O. The zero-order valence-electron chi connectivity index (χ0n) is 16.0. The number of nitrogens with one attached hydrogen (secondary N) is 1. The first-order valence-corrected chi connectivity index (χ1v) is 9.59. The molecule has 0 aromatic carbocycles. The summed E-state index contributed by atoms with van der Waals surface area (Å²) in [5.41, 5.74) is 2.79. The SMILES string of the molecule is Cc1cc(C)c2c(-n3cccc3)nn(CC(=O)NCCN3CCCC3)c2n1. The molecule has 0 unspecified atom stereocenters. The van der Waals surface area contributed by atoms with Gasteiger partial charge in [-0.25, -0.2) is 9.67 Å². The van der Waals surface area contributed by atoms with Crippen LogP contribution in [0.25, 0.3) is 16.9 Å². The molecule has 1 aliphatic heterocycles. The van der Waals surface area contributed by atoms with Gasteiger partial charge in [0.25, 0.3) is 0 Å². The molecule has 7 heteroatoms. The highest BCUT2D eigenvalue weighted by Crippen LogP contribution is 2.25. The maximum absolute atomic E-state index is 12.5. The highest BCUT2D eigenvalue weighted by molar-refractivity contribution is 5.88. The Hall–Kier alpha value is -2.67. The molecule has 1 amide bonds. The van der Waals surface area contributed by atoms with Crippen LogP contribution in [-0.4, -0.2) is 56.3 Å². The minimum atomic E-state index is -0.0291. The second kappa shape index (κ2) is 7.52. The predicted molar refractivity (Wildman–Crippen MR) is 105 cm³/mol. The first-order chi connectivity index (χ1) is 13.1. The van der Waals surface area contributed by atoms with E-state index in [9.17, 15) is 4.79 Å². The van der Waals surface area contributed by atoms with Crippen molar-refractivity contribution in [2.24, 2.45) is 0 Å². The van der Waals surface area contributed by atoms with Gasteiger partial charge in [0.05, 0.1) is 5.39 Å². The molecule has 4 heterocycles. The molecule has 0 aliphatic carbocycles. The summed E-state index contributed by atoms with van der Waals surface area (Å²) in [6, 6.07) is 5.98. The first-order valence-electron chi connectivity index (χ1n) is 9.59. The van der Waals surface area contributed by atoms with Gasteiger partial charge in [0, 0.05) is 31.2 Å². The fraction of sp³-hybridized carbons (Fsp3) is 0.450. The van der Waals surface area contributed by atoms with E-state index in [1.807, 2.05) is 36.0 Å². The van der Waals surface area contributed by atoms with Gasteiger partial charge in [-0.2, -0.15) is 5.10 Å². The maximum atomic E-state index is 12.5. The maximum Gasteiger partial charge on any atom is 0.241 e. The lowest BCUT2D eigenvalue weighted by Gasteiger charge is -2.14. The molecular weight excluding hydrogens is 340 g/mol. The van der Waals surface area contributed by atoms with Crippen LogP contribution in [0.5, 0.6) is 0 Å². The number of nitrogens with zero attached hydrogens (tertiary/aromatic N) is 5. The normalized spacial score (nSPS) is 14.9. The van der Waals surface area contributed by atoms with E-state index < -0.39 is 0 Å². The highest BCUT2D eigenvalue weighted by Gasteiger charge is 2.18. The number of likely N-dealkylation sites (tertiary alicyclic amines) is 1. The van der Waals surface area contributed by atoms with E-state index in [4.69, 9.17) is 5.10 Å². The molecule has 0 bridgehead atoms. The van der Waals surface area contributed by atoms with Crippen LogP contribution in [0.1, 0.15) is 24.1 Å². The van der Waals surface area contributed by atoms with Crippen LogP contribution in [0.15, 0.2) is 30.6 Å². The van der Waals surface area contributed by atoms with Crippen LogP contribution >= 0.6 is 0 Å². The first kappa shape index (κ1) is 17.7. The topological polar surface area (TPSA) is 68.0 Å². The number of carbonyl (C=O) groups is 1. The van der Waals surface area contributed by atoms with E-state index in [0.717, 1.165) is 47.7 Å². The van der Waals surface area contributed by atoms with Crippen LogP contribution in [0.3, 0.4) is 0 Å². The van der Waals surface area contributed by atoms with Crippen LogP contribution < -0.4 is 5.32 Å². The number of fused-ring (bicyclic) bond motifs is 1. The average Bonchev–Trinajstić information content (AvgIpc) is 3.36. The van der Waals surface area contributed by atoms with Crippen molar-refractivity contribution in [3.8, 4) is 5.82 Å². The van der Waals surface area contributed by atoms with Crippen LogP contribution in [0.2, 0.25) is 0 Å². The van der Waals surface area contributed by atoms with Crippen molar-refractivity contribution >= 4 is 16.9 Å². The largest absolute Gasteiger partial charge is 0.353 e. The van der Waals surface area contributed by atoms with Crippen molar-refractivity contribution in [3.05, 3.63) is 41.9 Å². The molecule has 142 valence electrons. The molecule has 7 nitrogen and oxygen atoms in total. The average molecular weight is 366 g/mol. The summed E-state index contributed by atoms with van der Waals surface area (Å²) in [7, 11) is 0. The number of amides is 1. The van der Waals surface area contributed by atoms with E-state index in [1.54, 1.807) is 4.68 Å². The Balaban J connectivity index is 1.55. The minimum Gasteiger partial charge on any atom is -0.353 e. The summed E-state index contributed by atoms with van der Waals surface area (Å²) in [6.07, 6.45) is 6.45. The number of rotatable bonds is 6. The van der Waals surface area contributed by atoms with Crippen molar-refractivity contribution in [3.63, 3.8) is 0 Å². The summed E-state index contributed by atoms with van der Waals surface area (Å²) < 4.78 is 3.68. The molecule has 1 aliphatic rings. The van der Waals surface area contributed by atoms with Crippen molar-refractivity contribution in [1.82, 2.24) is 29.5 Å². The van der Waals surface area contributed by atoms with Gasteiger partial charge in [0.15, 0.2) is 11.5 Å². The minimum absolute atomic E-state index is 0.0291. The van der Waals surface area contributed by atoms with E-state index >= 15 is 0 Å². The summed E-state index contributed by atoms with van der Waals surface area (Å²) in [4.78, 5) is 19.5. The number of hydrogen-bond donors (Lipinski definition) is 1. The summed E-state index contributed by atoms with van der Waals surface area (Å²) in [6.45, 7) is 8.07. The third-order valence-electron chi connectivity index (χ3n) is 5.10. The van der Waals surface area contributed by atoms with Gasteiger partial charge in [0.1, 0.15) is 6.54 Å². The van der Waals surface area contributed by atoms with Gasteiger partial charge in [-0.1, -0.05) is 0 Å². The second-order valence-corrected chi connectivity index (χ2v) is 7.25. The Morgan fingerprint density at radius 3 is 2.67 bits per heavy atom. The quantitative estimate of drug-likeness (QED) is 0.725. The van der Waals surface area contributed by atoms with Gasteiger partial charge >= 0.3 is 0 Å². The number of aromatic nitrogens is 4. The van der Waals surface area contributed by atoms with Crippen molar-refractivity contribution in [1.29, 1.82) is 0 Å². The van der Waals surface area contributed by atoms with Crippen molar-refractivity contribution in [2.45, 2.75) is 33.2 Å². The highest BCUT2D eigenvalue weighted by atomic mass is 16.2. The van der Waals surface area contributed by atoms with Crippen LogP contribution in [-0.2, 0) is 11.3 Å². The molecule has 3 aromatic rings. The second-order valence-electron chi connectivity index (χ2n) is 7.25. The Labute approximate surface area is 159 Å². The molecule has 0 radical (unpaired) electrons. The molecule has 1 fully saturated rings. The third kappa shape index (κ3) is 3.73. The third-order valence-corrected chi connectivity index (χ3v) is 5.10. The molecule has 27 heavy (non-hydrogen) atoms.